The second-order valence-corrected chi connectivity index (χ2v) is 16.1. The summed E-state index contributed by atoms with van der Waals surface area (Å²) in [4.78, 5) is 2.54. The molecular weight excluding hydrogens is 577 g/mol. The third-order valence-electron chi connectivity index (χ3n) is 9.95. The molecule has 2 nitrogen and oxygen atoms in total. The van der Waals surface area contributed by atoms with E-state index >= 15 is 0 Å². The first-order valence-electron chi connectivity index (χ1n) is 16.3. The van der Waals surface area contributed by atoms with Crippen molar-refractivity contribution in [3.8, 4) is 16.9 Å². The lowest BCUT2D eigenvalue weighted by Crippen LogP contribution is -2.56. The third kappa shape index (κ3) is 3.96. The van der Waals surface area contributed by atoms with Crippen molar-refractivity contribution in [2.45, 2.75) is 52.4 Å². The molecule has 224 valence electrons. The van der Waals surface area contributed by atoms with Gasteiger partial charge in [0.1, 0.15) is 5.75 Å². The highest BCUT2D eigenvalue weighted by Gasteiger charge is 2.45. The first kappa shape index (κ1) is 27.7. The Bertz CT molecular complexity index is 2360. The normalized spacial score (nSPS) is 14.0. The first-order chi connectivity index (χ1) is 22.1. The molecule has 0 atom stereocenters. The molecule has 1 aromatic heterocycles. The lowest BCUT2D eigenvalue weighted by molar-refractivity contribution is 0.568. The number of para-hydroxylation sites is 1. The second kappa shape index (κ2) is 9.50. The second-order valence-electron chi connectivity index (χ2n) is 15.0. The Morgan fingerprint density at radius 1 is 0.609 bits per heavy atom. The topological polar surface area (TPSA) is 12.5 Å². The van der Waals surface area contributed by atoms with Crippen LogP contribution in [0.2, 0.25) is 0 Å². The van der Waals surface area contributed by atoms with E-state index in [1.165, 1.54) is 81.2 Å². The highest BCUT2D eigenvalue weighted by molar-refractivity contribution is 7.26. The van der Waals surface area contributed by atoms with Gasteiger partial charge in [0, 0.05) is 53.7 Å². The summed E-state index contributed by atoms with van der Waals surface area (Å²) < 4.78 is 9.75. The van der Waals surface area contributed by atoms with Crippen LogP contribution >= 0.6 is 11.3 Å². The molecule has 0 spiro atoms. The number of anilines is 3. The van der Waals surface area contributed by atoms with Crippen molar-refractivity contribution in [1.29, 1.82) is 0 Å². The monoisotopic (exact) mass is 613 g/mol. The van der Waals surface area contributed by atoms with Gasteiger partial charge in [0.2, 0.25) is 0 Å². The minimum atomic E-state index is -0.229. The van der Waals surface area contributed by atoms with Gasteiger partial charge in [0.15, 0.2) is 0 Å². The van der Waals surface area contributed by atoms with E-state index in [1.54, 1.807) is 0 Å². The number of fused-ring (bicyclic) bond motifs is 10. The van der Waals surface area contributed by atoms with E-state index in [1.807, 2.05) is 11.3 Å². The summed E-state index contributed by atoms with van der Waals surface area (Å²) in [5.74, 6) is 0.950. The molecule has 0 fully saturated rings. The van der Waals surface area contributed by atoms with Crippen molar-refractivity contribution in [2.24, 2.45) is 0 Å². The van der Waals surface area contributed by atoms with Crippen LogP contribution in [0.1, 0.15) is 52.7 Å². The molecule has 0 radical (unpaired) electrons. The quantitative estimate of drug-likeness (QED) is 0.171. The van der Waals surface area contributed by atoms with Gasteiger partial charge in [0.25, 0.3) is 0 Å². The molecule has 7 aromatic rings. The summed E-state index contributed by atoms with van der Waals surface area (Å²) in [6, 6.07) is 40.6. The van der Waals surface area contributed by atoms with E-state index < -0.39 is 0 Å². The van der Waals surface area contributed by atoms with Crippen molar-refractivity contribution in [2.75, 3.05) is 4.90 Å². The number of hydrogen-bond acceptors (Lipinski definition) is 3. The molecule has 2 aliphatic heterocycles. The highest BCUT2D eigenvalue weighted by atomic mass is 32.1. The van der Waals surface area contributed by atoms with Gasteiger partial charge in [-0.2, -0.15) is 0 Å². The molecule has 0 saturated carbocycles. The van der Waals surface area contributed by atoms with Crippen LogP contribution in [-0.2, 0) is 10.8 Å². The van der Waals surface area contributed by atoms with Gasteiger partial charge >= 0.3 is 6.92 Å². The summed E-state index contributed by atoms with van der Waals surface area (Å²) in [5.41, 5.74) is 11.3. The molecule has 0 saturated heterocycles. The highest BCUT2D eigenvalue weighted by Crippen LogP contribution is 2.50. The summed E-state index contributed by atoms with van der Waals surface area (Å²) in [7, 11) is 0. The van der Waals surface area contributed by atoms with Gasteiger partial charge in [0.05, 0.1) is 0 Å². The standard InChI is InChI=1S/C42H36BNOS/c1-41(2,3)26-21-27(42(4,5)6)23-28(22-26)44-32-20-19-25-13-7-8-14-29(25)39(32)43-40-33(44)24-36-37(31-16-10-12-18-35(31)46-36)38(40)30-15-9-11-17-34(30)45-43/h7-24H,1-6H3. The van der Waals surface area contributed by atoms with Crippen LogP contribution in [0.25, 0.3) is 42.1 Å². The number of nitrogens with zero attached hydrogens (tertiary/aromatic N) is 1. The third-order valence-corrected chi connectivity index (χ3v) is 11.1. The van der Waals surface area contributed by atoms with E-state index in [2.05, 4.69) is 156 Å². The Balaban J connectivity index is 1.47. The van der Waals surface area contributed by atoms with Crippen molar-refractivity contribution < 1.29 is 4.65 Å². The summed E-state index contributed by atoms with van der Waals surface area (Å²) >= 11 is 1.89. The van der Waals surface area contributed by atoms with E-state index in [0.717, 1.165) is 5.75 Å². The lowest BCUT2D eigenvalue weighted by atomic mass is 9.48. The molecule has 0 aliphatic carbocycles. The molecule has 0 unspecified atom stereocenters. The summed E-state index contributed by atoms with van der Waals surface area (Å²) in [5, 5.41) is 5.12. The van der Waals surface area contributed by atoms with Gasteiger partial charge in [-0.05, 0) is 74.7 Å². The van der Waals surface area contributed by atoms with Crippen LogP contribution in [0.15, 0.2) is 109 Å². The lowest BCUT2D eigenvalue weighted by Gasteiger charge is -2.41. The molecule has 6 aromatic carbocycles. The molecular formula is C42H36BNOS. The number of hydrogen-bond donors (Lipinski definition) is 0. The number of benzene rings is 6. The molecule has 0 amide bonds. The average Bonchev–Trinajstić information content (AvgIpc) is 3.41. The predicted molar refractivity (Wildman–Crippen MR) is 200 cm³/mol. The first-order valence-corrected chi connectivity index (χ1v) is 17.1. The van der Waals surface area contributed by atoms with Gasteiger partial charge in [-0.3, -0.25) is 0 Å². The van der Waals surface area contributed by atoms with E-state index in [-0.39, 0.29) is 17.7 Å². The van der Waals surface area contributed by atoms with Crippen molar-refractivity contribution in [3.05, 3.63) is 120 Å². The fraction of sp³-hybridized carbons (Fsp3) is 0.190. The average molecular weight is 614 g/mol. The summed E-state index contributed by atoms with van der Waals surface area (Å²) in [6.07, 6.45) is 0. The van der Waals surface area contributed by atoms with Crippen LogP contribution in [0.5, 0.6) is 5.75 Å². The fourth-order valence-electron chi connectivity index (χ4n) is 7.55. The van der Waals surface area contributed by atoms with Crippen molar-refractivity contribution >= 4 is 77.2 Å². The zero-order valence-corrected chi connectivity index (χ0v) is 28.0. The maximum Gasteiger partial charge on any atom is 0.432 e. The zero-order chi connectivity index (χ0) is 31.5. The van der Waals surface area contributed by atoms with Crippen molar-refractivity contribution in [1.82, 2.24) is 0 Å². The predicted octanol–water partition coefficient (Wildman–Crippen LogP) is 10.8. The molecule has 9 rings (SSSR count). The van der Waals surface area contributed by atoms with E-state index in [0.29, 0.717) is 0 Å². The SMILES string of the molecule is CC(C)(C)c1cc(N2c3cc4sc5ccccc5c4c4c3B(Oc3ccccc3-4)c3c2ccc2ccccc32)cc(C(C)(C)C)c1. The van der Waals surface area contributed by atoms with Gasteiger partial charge in [-0.15, -0.1) is 11.3 Å². The Labute approximate surface area is 275 Å². The zero-order valence-electron chi connectivity index (χ0n) is 27.2. The molecule has 2 aliphatic rings. The van der Waals surface area contributed by atoms with E-state index in [4.69, 9.17) is 4.65 Å². The molecule has 0 bridgehead atoms. The van der Waals surface area contributed by atoms with Gasteiger partial charge < -0.3 is 9.55 Å². The minimum absolute atomic E-state index is 0.00252. The number of rotatable bonds is 1. The van der Waals surface area contributed by atoms with Crippen molar-refractivity contribution in [3.63, 3.8) is 0 Å². The molecule has 46 heavy (non-hydrogen) atoms. The minimum Gasteiger partial charge on any atom is -0.551 e. The van der Waals surface area contributed by atoms with Gasteiger partial charge in [-0.25, -0.2) is 0 Å². The maximum atomic E-state index is 7.13. The van der Waals surface area contributed by atoms with Crippen LogP contribution in [-0.4, -0.2) is 6.92 Å². The Hall–Kier alpha value is -4.54. The van der Waals surface area contributed by atoms with Crippen LogP contribution < -0.4 is 20.5 Å². The number of thiophene rings is 1. The van der Waals surface area contributed by atoms with Crippen LogP contribution in [0.3, 0.4) is 0 Å². The largest absolute Gasteiger partial charge is 0.551 e. The Kier molecular flexibility index (Phi) is 5.73. The van der Waals surface area contributed by atoms with Crippen LogP contribution in [0, 0.1) is 0 Å². The Morgan fingerprint density at radius 3 is 2.04 bits per heavy atom. The maximum absolute atomic E-state index is 7.13. The molecule has 0 N–H and O–H groups in total. The van der Waals surface area contributed by atoms with E-state index in [9.17, 15) is 0 Å². The van der Waals surface area contributed by atoms with Crippen LogP contribution in [0.4, 0.5) is 17.1 Å². The van der Waals surface area contributed by atoms with Gasteiger partial charge in [-0.1, -0.05) is 114 Å². The smallest absolute Gasteiger partial charge is 0.432 e. The Morgan fingerprint density at radius 2 is 1.28 bits per heavy atom. The molecule has 4 heteroatoms. The molecule has 3 heterocycles. The summed E-state index contributed by atoms with van der Waals surface area (Å²) in [6.45, 7) is 13.7. The fourth-order valence-corrected chi connectivity index (χ4v) is 8.70.